The Morgan fingerprint density at radius 2 is 2.20 bits per heavy atom. The molecule has 0 saturated carbocycles. The number of aromatic nitrogens is 3. The molecule has 1 aliphatic heterocycles. The van der Waals surface area contributed by atoms with Gasteiger partial charge in [0.25, 0.3) is 5.69 Å². The molecule has 0 radical (unpaired) electrons. The maximum atomic E-state index is 11.0. The Balaban J connectivity index is 1.92. The fourth-order valence-corrected chi connectivity index (χ4v) is 2.29. The molecule has 0 aliphatic carbocycles. The Bertz CT molecular complexity index is 681. The van der Waals surface area contributed by atoms with Gasteiger partial charge in [0.05, 0.1) is 17.0 Å². The summed E-state index contributed by atoms with van der Waals surface area (Å²) < 4.78 is 1.96. The molecule has 0 atom stereocenters. The van der Waals surface area contributed by atoms with E-state index in [4.69, 9.17) is 0 Å². The second kappa shape index (κ2) is 4.72. The van der Waals surface area contributed by atoms with Crippen molar-refractivity contribution >= 4 is 17.7 Å². The number of nitrogens with zero attached hydrogens (tertiary/aromatic N) is 5. The third-order valence-corrected chi connectivity index (χ3v) is 3.34. The Morgan fingerprint density at radius 1 is 1.35 bits per heavy atom. The second-order valence-corrected chi connectivity index (χ2v) is 4.48. The topological polar surface area (TPSA) is 94.2 Å². The molecule has 0 fully saturated rings. The Hall–Kier alpha value is -2.77. The summed E-state index contributed by atoms with van der Waals surface area (Å²) in [5, 5.41) is 18.7. The third-order valence-electron chi connectivity index (χ3n) is 3.34. The van der Waals surface area contributed by atoms with Crippen LogP contribution in [0.1, 0.15) is 16.2 Å². The molecule has 20 heavy (non-hydrogen) atoms. The van der Waals surface area contributed by atoms with Crippen molar-refractivity contribution in [1.82, 2.24) is 14.8 Å². The monoisotopic (exact) mass is 273 g/mol. The number of hydrogen-bond donors (Lipinski definition) is 0. The number of fused-ring (bicyclic) bond motifs is 1. The molecule has 102 valence electrons. The minimum Gasteiger partial charge on any atom is -0.362 e. The number of anilines is 1. The minimum absolute atomic E-state index is 0.0829. The first-order valence-electron chi connectivity index (χ1n) is 6.04. The van der Waals surface area contributed by atoms with E-state index in [2.05, 4.69) is 10.2 Å². The van der Waals surface area contributed by atoms with Crippen molar-refractivity contribution in [2.75, 3.05) is 11.4 Å². The molecule has 0 amide bonds. The van der Waals surface area contributed by atoms with Crippen molar-refractivity contribution in [3.63, 3.8) is 0 Å². The molecule has 3 rings (SSSR count). The van der Waals surface area contributed by atoms with E-state index in [1.807, 2.05) is 9.47 Å². The molecule has 1 aromatic carbocycles. The zero-order valence-corrected chi connectivity index (χ0v) is 10.5. The van der Waals surface area contributed by atoms with Gasteiger partial charge in [0, 0.05) is 24.8 Å². The molecule has 2 aromatic rings. The Labute approximate surface area is 113 Å². The Kier molecular flexibility index (Phi) is 2.90. The summed E-state index contributed by atoms with van der Waals surface area (Å²) in [7, 11) is 0. The van der Waals surface area contributed by atoms with Gasteiger partial charge in [-0.3, -0.25) is 14.9 Å². The minimum atomic E-state index is -0.555. The predicted octanol–water partition coefficient (Wildman–Crippen LogP) is 1.02. The van der Waals surface area contributed by atoms with Gasteiger partial charge in [-0.2, -0.15) is 0 Å². The number of nitro groups is 1. The maximum Gasteiger partial charge on any atom is 0.280 e. The molecule has 1 aliphatic rings. The lowest BCUT2D eigenvalue weighted by atomic mass is 10.1. The number of hydrogen-bond acceptors (Lipinski definition) is 6. The fraction of sp³-hybridized carbons (Fsp3) is 0.250. The van der Waals surface area contributed by atoms with E-state index in [0.717, 1.165) is 24.6 Å². The van der Waals surface area contributed by atoms with Crippen LogP contribution in [0.25, 0.3) is 0 Å². The van der Waals surface area contributed by atoms with Gasteiger partial charge < -0.3 is 9.47 Å². The van der Waals surface area contributed by atoms with Gasteiger partial charge in [-0.25, -0.2) is 0 Å². The molecule has 0 spiro atoms. The van der Waals surface area contributed by atoms with E-state index in [-0.39, 0.29) is 11.3 Å². The quantitative estimate of drug-likeness (QED) is 0.470. The molecule has 0 N–H and O–H groups in total. The molecule has 1 aromatic heterocycles. The van der Waals surface area contributed by atoms with Crippen LogP contribution in [0.5, 0.6) is 0 Å². The van der Waals surface area contributed by atoms with Crippen LogP contribution < -0.4 is 4.90 Å². The van der Waals surface area contributed by atoms with Crippen molar-refractivity contribution < 1.29 is 9.72 Å². The lowest BCUT2D eigenvalue weighted by Crippen LogP contribution is -2.33. The standard InChI is InChI=1S/C12H11N5O3/c18-7-9-5-10(1-2-11(9)17(19)20)15-3-4-16-8-13-14-12(16)6-15/h1-2,5,7-8H,3-4,6H2. The highest BCUT2D eigenvalue weighted by molar-refractivity contribution is 5.83. The summed E-state index contributed by atoms with van der Waals surface area (Å²) in [4.78, 5) is 23.2. The number of benzene rings is 1. The molecule has 0 unspecified atom stereocenters. The van der Waals surface area contributed by atoms with Crippen molar-refractivity contribution in [1.29, 1.82) is 0 Å². The lowest BCUT2D eigenvalue weighted by Gasteiger charge is -2.29. The first-order valence-corrected chi connectivity index (χ1v) is 6.04. The van der Waals surface area contributed by atoms with Gasteiger partial charge in [0.1, 0.15) is 6.33 Å². The average Bonchev–Trinajstić information content (AvgIpc) is 2.93. The molecule has 0 saturated heterocycles. The largest absolute Gasteiger partial charge is 0.362 e. The van der Waals surface area contributed by atoms with Gasteiger partial charge in [0.15, 0.2) is 12.1 Å². The molecule has 0 bridgehead atoms. The molecule has 2 heterocycles. The summed E-state index contributed by atoms with van der Waals surface area (Å²) in [5.41, 5.74) is 0.676. The van der Waals surface area contributed by atoms with Crippen LogP contribution in [-0.2, 0) is 13.1 Å². The molecular weight excluding hydrogens is 262 g/mol. The van der Waals surface area contributed by atoms with Crippen LogP contribution in [0.3, 0.4) is 0 Å². The molecule has 8 heteroatoms. The number of aldehydes is 1. The zero-order valence-electron chi connectivity index (χ0n) is 10.5. The second-order valence-electron chi connectivity index (χ2n) is 4.48. The first-order chi connectivity index (χ1) is 9.69. The summed E-state index contributed by atoms with van der Waals surface area (Å²) in [6.45, 7) is 2.05. The van der Waals surface area contributed by atoms with Crippen molar-refractivity contribution in [3.05, 3.63) is 46.0 Å². The molecule has 8 nitrogen and oxygen atoms in total. The van der Waals surface area contributed by atoms with Crippen LogP contribution in [0, 0.1) is 10.1 Å². The van der Waals surface area contributed by atoms with Gasteiger partial charge in [-0.1, -0.05) is 0 Å². The highest BCUT2D eigenvalue weighted by Gasteiger charge is 2.20. The van der Waals surface area contributed by atoms with E-state index in [0.29, 0.717) is 12.8 Å². The number of carbonyl (C=O) groups is 1. The smallest absolute Gasteiger partial charge is 0.280 e. The number of nitro benzene ring substituents is 1. The van der Waals surface area contributed by atoms with E-state index in [9.17, 15) is 14.9 Å². The van der Waals surface area contributed by atoms with E-state index in [1.54, 1.807) is 12.4 Å². The predicted molar refractivity (Wildman–Crippen MR) is 69.6 cm³/mol. The van der Waals surface area contributed by atoms with Crippen LogP contribution in [-0.4, -0.2) is 32.5 Å². The van der Waals surface area contributed by atoms with Crippen LogP contribution in [0.2, 0.25) is 0 Å². The van der Waals surface area contributed by atoms with E-state index < -0.39 is 4.92 Å². The van der Waals surface area contributed by atoms with Crippen LogP contribution in [0.15, 0.2) is 24.5 Å². The lowest BCUT2D eigenvalue weighted by molar-refractivity contribution is -0.385. The SMILES string of the molecule is O=Cc1cc(N2CCn3cnnc3C2)ccc1[N+](=O)[O-]. The van der Waals surface area contributed by atoms with E-state index >= 15 is 0 Å². The van der Waals surface area contributed by atoms with Gasteiger partial charge >= 0.3 is 0 Å². The summed E-state index contributed by atoms with van der Waals surface area (Å²) in [6.07, 6.45) is 2.19. The maximum absolute atomic E-state index is 11.0. The van der Waals surface area contributed by atoms with Crippen molar-refractivity contribution in [2.24, 2.45) is 0 Å². The molecular formula is C12H11N5O3. The average molecular weight is 273 g/mol. The van der Waals surface area contributed by atoms with Crippen molar-refractivity contribution in [2.45, 2.75) is 13.1 Å². The van der Waals surface area contributed by atoms with Gasteiger partial charge in [-0.05, 0) is 12.1 Å². The number of rotatable bonds is 3. The van der Waals surface area contributed by atoms with Crippen molar-refractivity contribution in [3.8, 4) is 0 Å². The normalized spacial score (nSPS) is 13.9. The van der Waals surface area contributed by atoms with Crippen LogP contribution >= 0.6 is 0 Å². The number of carbonyl (C=O) groups excluding carboxylic acids is 1. The van der Waals surface area contributed by atoms with Crippen LogP contribution in [0.4, 0.5) is 11.4 Å². The highest BCUT2D eigenvalue weighted by atomic mass is 16.6. The first kappa shape index (κ1) is 12.3. The van der Waals surface area contributed by atoms with Gasteiger partial charge in [-0.15, -0.1) is 10.2 Å². The zero-order chi connectivity index (χ0) is 14.1. The fourth-order valence-electron chi connectivity index (χ4n) is 2.29. The highest BCUT2D eigenvalue weighted by Crippen LogP contribution is 2.26. The summed E-state index contributed by atoms with van der Waals surface area (Å²) in [5.74, 6) is 0.835. The van der Waals surface area contributed by atoms with E-state index in [1.165, 1.54) is 12.1 Å². The summed E-state index contributed by atoms with van der Waals surface area (Å²) >= 11 is 0. The van der Waals surface area contributed by atoms with Gasteiger partial charge in [0.2, 0.25) is 0 Å². The summed E-state index contributed by atoms with van der Waals surface area (Å²) in [6, 6.07) is 4.55. The Morgan fingerprint density at radius 3 is 2.95 bits per heavy atom. The third kappa shape index (κ3) is 2.00.